The topological polar surface area (TPSA) is 31.5 Å². The molecule has 0 bridgehead atoms. The fourth-order valence-electron chi connectivity index (χ4n) is 2.18. The van der Waals surface area contributed by atoms with Gasteiger partial charge in [0, 0.05) is 0 Å². The monoisotopic (exact) mass is 178 g/mol. The molecule has 13 heavy (non-hydrogen) atoms. The van der Waals surface area contributed by atoms with Crippen LogP contribution in [0, 0.1) is 6.92 Å². The Morgan fingerprint density at radius 2 is 1.77 bits per heavy atom. The molecule has 0 atom stereocenters. The van der Waals surface area contributed by atoms with Gasteiger partial charge < -0.3 is 5.48 Å². The minimum Gasteiger partial charge on any atom is -0.412 e. The van der Waals surface area contributed by atoms with Gasteiger partial charge in [-0.05, 0) is 54.9 Å². The van der Waals surface area contributed by atoms with Crippen LogP contribution >= 0.6 is 0 Å². The first-order valence-corrected chi connectivity index (χ1v) is 4.92. The molecular weight excluding hydrogens is 160 g/mol. The van der Waals surface area contributed by atoms with Crippen LogP contribution in [-0.2, 0) is 19.3 Å². The molecule has 0 spiro atoms. The highest BCUT2D eigenvalue weighted by molar-refractivity contribution is 5.40. The zero-order chi connectivity index (χ0) is 8.55. The Labute approximate surface area is 80.1 Å². The van der Waals surface area contributed by atoms with Crippen molar-refractivity contribution in [1.82, 2.24) is 0 Å². The van der Waals surface area contributed by atoms with Gasteiger partial charge >= 0.3 is 0 Å². The molecule has 0 heterocycles. The Kier molecular flexibility index (Phi) is 3.10. The minimum atomic E-state index is 0. The number of benzene rings is 1. The molecule has 0 aliphatic heterocycles. The van der Waals surface area contributed by atoms with E-state index >= 15 is 0 Å². The molecule has 2 rings (SSSR count). The molecule has 1 aliphatic rings. The normalized spacial score (nSPS) is 13.7. The van der Waals surface area contributed by atoms with Gasteiger partial charge in [-0.15, -0.1) is 0 Å². The molecule has 0 radical (unpaired) electrons. The minimum absolute atomic E-state index is 0. The lowest BCUT2D eigenvalue weighted by molar-refractivity contribution is 0.824. The Morgan fingerprint density at radius 1 is 1.15 bits per heavy atom. The summed E-state index contributed by atoms with van der Waals surface area (Å²) in [5.74, 6) is 0. The van der Waals surface area contributed by atoms with E-state index in [1.54, 1.807) is 11.1 Å². The Balaban J connectivity index is 0.000000845. The van der Waals surface area contributed by atoms with E-state index in [-0.39, 0.29) is 5.48 Å². The summed E-state index contributed by atoms with van der Waals surface area (Å²) in [6, 6.07) is 4.80. The third-order valence-electron chi connectivity index (χ3n) is 2.93. The van der Waals surface area contributed by atoms with Crippen LogP contribution in [0.1, 0.15) is 35.6 Å². The van der Waals surface area contributed by atoms with Gasteiger partial charge in [0.05, 0.1) is 0 Å². The van der Waals surface area contributed by atoms with Gasteiger partial charge in [0.25, 0.3) is 0 Å². The summed E-state index contributed by atoms with van der Waals surface area (Å²) >= 11 is 0. The lowest BCUT2D eigenvalue weighted by Crippen LogP contribution is -1.91. The summed E-state index contributed by atoms with van der Waals surface area (Å²) in [5, 5.41) is 0. The highest BCUT2D eigenvalue weighted by atomic mass is 16.0. The van der Waals surface area contributed by atoms with E-state index in [0.717, 1.165) is 0 Å². The maximum atomic E-state index is 2.41. The van der Waals surface area contributed by atoms with Crippen molar-refractivity contribution >= 4 is 0 Å². The molecular formula is C12H18O. The second-order valence-corrected chi connectivity index (χ2v) is 3.75. The zero-order valence-electron chi connectivity index (χ0n) is 8.48. The van der Waals surface area contributed by atoms with Crippen LogP contribution < -0.4 is 0 Å². The summed E-state index contributed by atoms with van der Waals surface area (Å²) < 4.78 is 0. The molecule has 0 saturated heterocycles. The predicted octanol–water partition coefficient (Wildman–Crippen LogP) is 2.22. The van der Waals surface area contributed by atoms with Gasteiger partial charge in [0.1, 0.15) is 0 Å². The lowest BCUT2D eigenvalue weighted by atomic mass is 9.99. The molecule has 0 aromatic heterocycles. The maximum absolute atomic E-state index is 2.41. The Hall–Kier alpha value is -0.820. The average molecular weight is 178 g/mol. The first kappa shape index (κ1) is 10.3. The molecule has 1 aliphatic carbocycles. The van der Waals surface area contributed by atoms with Crippen LogP contribution in [-0.4, -0.2) is 5.48 Å². The van der Waals surface area contributed by atoms with Crippen LogP contribution in [0.3, 0.4) is 0 Å². The number of hydrogen-bond donors (Lipinski definition) is 0. The van der Waals surface area contributed by atoms with Crippen LogP contribution in [0.2, 0.25) is 0 Å². The van der Waals surface area contributed by atoms with Gasteiger partial charge in [0.15, 0.2) is 0 Å². The first-order chi connectivity index (χ1) is 5.81. The Bertz CT molecular complexity index is 301. The number of aryl methyl sites for hydroxylation is 4. The standard InChI is InChI=1S/C12H16.H2O/c1-3-10-8-12-6-4-5-11(12)7-9(10)2;/h7-8H,3-6H2,1-2H3;1H2. The fraction of sp³-hybridized carbons (Fsp3) is 0.500. The molecule has 0 amide bonds. The molecule has 0 fully saturated rings. The molecule has 1 heteroatoms. The SMILES string of the molecule is CCc1cc2c(cc1C)CCC2.O. The van der Waals surface area contributed by atoms with Gasteiger partial charge in [-0.25, -0.2) is 0 Å². The second-order valence-electron chi connectivity index (χ2n) is 3.75. The van der Waals surface area contributed by atoms with Crippen molar-refractivity contribution in [2.45, 2.75) is 39.5 Å². The molecule has 72 valence electrons. The van der Waals surface area contributed by atoms with Crippen LogP contribution in [0.5, 0.6) is 0 Å². The summed E-state index contributed by atoms with van der Waals surface area (Å²) in [6.07, 6.45) is 5.16. The van der Waals surface area contributed by atoms with Crippen LogP contribution in [0.25, 0.3) is 0 Å². The third kappa shape index (κ3) is 1.75. The average Bonchev–Trinajstić information content (AvgIpc) is 2.49. The maximum Gasteiger partial charge on any atom is -0.0273 e. The van der Waals surface area contributed by atoms with Gasteiger partial charge in [0.2, 0.25) is 0 Å². The summed E-state index contributed by atoms with van der Waals surface area (Å²) in [7, 11) is 0. The van der Waals surface area contributed by atoms with Crippen molar-refractivity contribution in [2.75, 3.05) is 0 Å². The molecule has 1 aromatic carbocycles. The number of rotatable bonds is 1. The molecule has 2 N–H and O–H groups in total. The van der Waals surface area contributed by atoms with Crippen molar-refractivity contribution in [3.8, 4) is 0 Å². The number of hydrogen-bond acceptors (Lipinski definition) is 0. The molecule has 1 nitrogen and oxygen atoms in total. The first-order valence-electron chi connectivity index (χ1n) is 4.92. The van der Waals surface area contributed by atoms with Crippen molar-refractivity contribution in [3.05, 3.63) is 34.4 Å². The van der Waals surface area contributed by atoms with Gasteiger partial charge in [-0.2, -0.15) is 0 Å². The molecule has 1 aromatic rings. The number of fused-ring (bicyclic) bond motifs is 1. The van der Waals surface area contributed by atoms with E-state index in [0.29, 0.717) is 0 Å². The fourth-order valence-corrected chi connectivity index (χ4v) is 2.18. The van der Waals surface area contributed by atoms with Gasteiger partial charge in [-0.3, -0.25) is 0 Å². The smallest absolute Gasteiger partial charge is 0.0273 e. The van der Waals surface area contributed by atoms with Gasteiger partial charge in [-0.1, -0.05) is 19.1 Å². The third-order valence-corrected chi connectivity index (χ3v) is 2.93. The highest BCUT2D eigenvalue weighted by Crippen LogP contribution is 2.25. The van der Waals surface area contributed by atoms with Crippen LogP contribution in [0.4, 0.5) is 0 Å². The second kappa shape index (κ2) is 3.93. The van der Waals surface area contributed by atoms with Crippen molar-refractivity contribution in [2.24, 2.45) is 0 Å². The Morgan fingerprint density at radius 3 is 2.38 bits per heavy atom. The van der Waals surface area contributed by atoms with E-state index in [2.05, 4.69) is 26.0 Å². The van der Waals surface area contributed by atoms with E-state index < -0.39 is 0 Å². The summed E-state index contributed by atoms with van der Waals surface area (Å²) in [4.78, 5) is 0. The van der Waals surface area contributed by atoms with Crippen molar-refractivity contribution in [3.63, 3.8) is 0 Å². The van der Waals surface area contributed by atoms with E-state index in [1.807, 2.05) is 0 Å². The summed E-state index contributed by atoms with van der Waals surface area (Å²) in [6.45, 7) is 4.47. The van der Waals surface area contributed by atoms with E-state index in [4.69, 9.17) is 0 Å². The van der Waals surface area contributed by atoms with E-state index in [1.165, 1.54) is 36.8 Å². The highest BCUT2D eigenvalue weighted by Gasteiger charge is 2.11. The van der Waals surface area contributed by atoms with E-state index in [9.17, 15) is 0 Å². The largest absolute Gasteiger partial charge is 0.412 e. The summed E-state index contributed by atoms with van der Waals surface area (Å²) in [5.41, 5.74) is 6.23. The predicted molar refractivity (Wildman–Crippen MR) is 56.2 cm³/mol. The molecule has 0 unspecified atom stereocenters. The van der Waals surface area contributed by atoms with Crippen molar-refractivity contribution in [1.29, 1.82) is 0 Å². The van der Waals surface area contributed by atoms with Crippen molar-refractivity contribution < 1.29 is 5.48 Å². The lowest BCUT2D eigenvalue weighted by Gasteiger charge is -2.06. The quantitative estimate of drug-likeness (QED) is 0.631. The zero-order valence-corrected chi connectivity index (χ0v) is 8.48. The van der Waals surface area contributed by atoms with Crippen LogP contribution in [0.15, 0.2) is 12.1 Å². The molecule has 0 saturated carbocycles.